The summed E-state index contributed by atoms with van der Waals surface area (Å²) in [5, 5.41) is 1.86. The number of nitrogens with one attached hydrogen (secondary N) is 1. The molecule has 25 heavy (non-hydrogen) atoms. The van der Waals surface area contributed by atoms with Crippen LogP contribution in [-0.2, 0) is 11.4 Å². The lowest BCUT2D eigenvalue weighted by atomic mass is 10.2. The number of pyridine rings is 1. The molecule has 1 aromatic heterocycles. The first-order chi connectivity index (χ1) is 12.1. The molecule has 0 unspecified atom stereocenters. The fourth-order valence-electron chi connectivity index (χ4n) is 2.17. The maximum Gasteiger partial charge on any atom is 0.290 e. The summed E-state index contributed by atoms with van der Waals surface area (Å²) in [5.41, 5.74) is 1.56. The van der Waals surface area contributed by atoms with E-state index in [1.807, 2.05) is 24.3 Å². The van der Waals surface area contributed by atoms with E-state index in [9.17, 15) is 9.59 Å². The second kappa shape index (κ2) is 7.87. The number of carbonyl (C=O) groups excluding carboxylic acids is 2. The molecule has 128 valence electrons. The molecule has 3 rings (SSSR count). The average Bonchev–Trinajstić information content (AvgIpc) is 2.91. The number of carbonyl (C=O) groups is 2. The van der Waals surface area contributed by atoms with Crippen LogP contribution in [0.2, 0.25) is 0 Å². The number of hydrogen-bond donors (Lipinski definition) is 1. The Morgan fingerprint density at radius 3 is 2.80 bits per heavy atom. The van der Waals surface area contributed by atoms with Crippen molar-refractivity contribution in [1.29, 1.82) is 0 Å². The van der Waals surface area contributed by atoms with Gasteiger partial charge in [0, 0.05) is 6.20 Å². The summed E-state index contributed by atoms with van der Waals surface area (Å²) in [6.07, 6.45) is 3.36. The summed E-state index contributed by atoms with van der Waals surface area (Å²) in [7, 11) is 1.55. The third kappa shape index (κ3) is 4.31. The highest BCUT2D eigenvalue weighted by molar-refractivity contribution is 14.1. The van der Waals surface area contributed by atoms with Crippen LogP contribution in [0.5, 0.6) is 11.5 Å². The third-order valence-corrected chi connectivity index (χ3v) is 4.89. The SMILES string of the molecule is COc1cc(/C=C2/SC(=O)NC2=O)cc(I)c1OCc1ccccn1. The van der Waals surface area contributed by atoms with Gasteiger partial charge in [-0.25, -0.2) is 0 Å². The van der Waals surface area contributed by atoms with Gasteiger partial charge in [0.05, 0.1) is 21.3 Å². The van der Waals surface area contributed by atoms with E-state index in [0.717, 1.165) is 26.6 Å². The number of hydrogen-bond acceptors (Lipinski definition) is 6. The van der Waals surface area contributed by atoms with E-state index < -0.39 is 0 Å². The van der Waals surface area contributed by atoms with Crippen LogP contribution < -0.4 is 14.8 Å². The highest BCUT2D eigenvalue weighted by Gasteiger charge is 2.25. The van der Waals surface area contributed by atoms with Gasteiger partial charge in [0.1, 0.15) is 6.61 Å². The molecule has 1 aliphatic heterocycles. The quantitative estimate of drug-likeness (QED) is 0.534. The van der Waals surface area contributed by atoms with E-state index in [2.05, 4.69) is 32.9 Å². The second-order valence-corrected chi connectivity index (χ2v) is 7.17. The first-order valence-electron chi connectivity index (χ1n) is 7.22. The van der Waals surface area contributed by atoms with Gasteiger partial charge in [-0.3, -0.25) is 19.9 Å². The number of rotatable bonds is 5. The Balaban J connectivity index is 1.85. The number of ether oxygens (including phenoxy) is 2. The van der Waals surface area contributed by atoms with E-state index >= 15 is 0 Å². The van der Waals surface area contributed by atoms with Crippen LogP contribution in [0.15, 0.2) is 41.4 Å². The Hall–Kier alpha value is -2.07. The smallest absolute Gasteiger partial charge is 0.290 e. The molecule has 1 aromatic carbocycles. The minimum atomic E-state index is -0.389. The highest BCUT2D eigenvalue weighted by atomic mass is 127. The fraction of sp³-hybridized carbons (Fsp3) is 0.118. The Bertz CT molecular complexity index is 855. The van der Waals surface area contributed by atoms with Crippen molar-refractivity contribution >= 4 is 51.6 Å². The van der Waals surface area contributed by atoms with E-state index in [1.54, 1.807) is 25.4 Å². The van der Waals surface area contributed by atoms with Crippen molar-refractivity contribution < 1.29 is 19.1 Å². The van der Waals surface area contributed by atoms with Gasteiger partial charge >= 0.3 is 0 Å². The van der Waals surface area contributed by atoms with Crippen molar-refractivity contribution in [2.24, 2.45) is 0 Å². The summed E-state index contributed by atoms with van der Waals surface area (Å²) in [6.45, 7) is 0.320. The standard InChI is InChI=1S/C17H13IN2O4S/c1-23-13-7-10(8-14-16(21)20-17(22)25-14)6-12(18)15(13)24-9-11-4-2-3-5-19-11/h2-8H,9H2,1H3,(H,20,21,22)/b14-8+. The van der Waals surface area contributed by atoms with Crippen molar-refractivity contribution in [3.8, 4) is 11.5 Å². The molecule has 0 saturated carbocycles. The minimum absolute atomic E-state index is 0.320. The van der Waals surface area contributed by atoms with Gasteiger partial charge in [-0.1, -0.05) is 6.07 Å². The van der Waals surface area contributed by atoms with Gasteiger partial charge in [-0.05, 0) is 70.3 Å². The number of halogens is 1. The molecule has 1 N–H and O–H groups in total. The molecule has 0 bridgehead atoms. The first-order valence-corrected chi connectivity index (χ1v) is 9.11. The van der Waals surface area contributed by atoms with Crippen LogP contribution in [-0.4, -0.2) is 23.2 Å². The summed E-state index contributed by atoms with van der Waals surface area (Å²) in [6, 6.07) is 9.25. The zero-order valence-corrected chi connectivity index (χ0v) is 16.1. The van der Waals surface area contributed by atoms with Gasteiger partial charge in [0.15, 0.2) is 11.5 Å². The maximum absolute atomic E-state index is 11.7. The van der Waals surface area contributed by atoms with Crippen molar-refractivity contribution in [2.45, 2.75) is 6.61 Å². The number of thioether (sulfide) groups is 1. The molecule has 2 amide bonds. The Morgan fingerprint density at radius 2 is 2.16 bits per heavy atom. The zero-order valence-electron chi connectivity index (χ0n) is 13.1. The van der Waals surface area contributed by atoms with E-state index in [4.69, 9.17) is 9.47 Å². The van der Waals surface area contributed by atoms with Crippen LogP contribution >= 0.6 is 34.4 Å². The molecule has 2 heterocycles. The lowest BCUT2D eigenvalue weighted by molar-refractivity contribution is -0.115. The van der Waals surface area contributed by atoms with Gasteiger partial charge in [-0.2, -0.15) is 0 Å². The summed E-state index contributed by atoms with van der Waals surface area (Å²) in [4.78, 5) is 27.5. The summed E-state index contributed by atoms with van der Waals surface area (Å²) < 4.78 is 12.1. The van der Waals surface area contributed by atoms with Crippen molar-refractivity contribution in [1.82, 2.24) is 10.3 Å². The van der Waals surface area contributed by atoms with Crippen LogP contribution in [0.4, 0.5) is 4.79 Å². The zero-order chi connectivity index (χ0) is 17.8. The van der Waals surface area contributed by atoms with Crippen LogP contribution in [0.1, 0.15) is 11.3 Å². The number of amides is 2. The largest absolute Gasteiger partial charge is 0.493 e. The van der Waals surface area contributed by atoms with Crippen molar-refractivity contribution in [3.63, 3.8) is 0 Å². The Morgan fingerprint density at radius 1 is 1.32 bits per heavy atom. The Kier molecular flexibility index (Phi) is 5.59. The second-order valence-electron chi connectivity index (χ2n) is 5.00. The molecule has 0 atom stereocenters. The van der Waals surface area contributed by atoms with Crippen LogP contribution in [0.25, 0.3) is 6.08 Å². The molecule has 0 spiro atoms. The van der Waals surface area contributed by atoms with Crippen LogP contribution in [0, 0.1) is 3.57 Å². The van der Waals surface area contributed by atoms with E-state index in [0.29, 0.717) is 23.0 Å². The summed E-state index contributed by atoms with van der Waals surface area (Å²) in [5.74, 6) is 0.763. The number of methoxy groups -OCH3 is 1. The lowest BCUT2D eigenvalue weighted by Crippen LogP contribution is -2.17. The number of aromatic nitrogens is 1. The minimum Gasteiger partial charge on any atom is -0.493 e. The number of benzene rings is 1. The Labute approximate surface area is 162 Å². The molecule has 0 aliphatic carbocycles. The highest BCUT2D eigenvalue weighted by Crippen LogP contribution is 2.36. The molecule has 1 aliphatic rings. The van der Waals surface area contributed by atoms with Crippen molar-refractivity contribution in [2.75, 3.05) is 7.11 Å². The van der Waals surface area contributed by atoms with Crippen molar-refractivity contribution in [3.05, 3.63) is 56.3 Å². The van der Waals surface area contributed by atoms with E-state index in [-0.39, 0.29) is 11.1 Å². The molecule has 6 nitrogen and oxygen atoms in total. The molecule has 8 heteroatoms. The van der Waals surface area contributed by atoms with Gasteiger partial charge in [-0.15, -0.1) is 0 Å². The third-order valence-electron chi connectivity index (χ3n) is 3.28. The van der Waals surface area contributed by atoms with Crippen LogP contribution in [0.3, 0.4) is 0 Å². The van der Waals surface area contributed by atoms with Gasteiger partial charge < -0.3 is 9.47 Å². The number of imide groups is 1. The fourth-order valence-corrected chi connectivity index (χ4v) is 3.63. The molecule has 2 aromatic rings. The first kappa shape index (κ1) is 17.7. The molecular weight excluding hydrogens is 455 g/mol. The molecule has 0 radical (unpaired) electrons. The topological polar surface area (TPSA) is 77.5 Å². The number of nitrogens with zero attached hydrogens (tertiary/aromatic N) is 1. The summed E-state index contributed by atoms with van der Waals surface area (Å²) >= 11 is 3.02. The predicted molar refractivity (Wildman–Crippen MR) is 103 cm³/mol. The molecular formula is C17H13IN2O4S. The van der Waals surface area contributed by atoms with E-state index in [1.165, 1.54) is 0 Å². The lowest BCUT2D eigenvalue weighted by Gasteiger charge is -2.13. The van der Waals surface area contributed by atoms with Gasteiger partial charge in [0.25, 0.3) is 11.1 Å². The maximum atomic E-state index is 11.7. The predicted octanol–water partition coefficient (Wildman–Crippen LogP) is 3.60. The normalized spacial score (nSPS) is 15.4. The monoisotopic (exact) mass is 468 g/mol. The average molecular weight is 468 g/mol. The molecule has 1 fully saturated rings. The van der Waals surface area contributed by atoms with Gasteiger partial charge in [0.2, 0.25) is 0 Å². The molecule has 1 saturated heterocycles.